The highest BCUT2D eigenvalue weighted by molar-refractivity contribution is 5.78. The lowest BCUT2D eigenvalue weighted by Gasteiger charge is -2.28. The molecule has 1 N–H and O–H groups in total. The summed E-state index contributed by atoms with van der Waals surface area (Å²) in [5.74, 6) is 0.00267. The average molecular weight is 334 g/mol. The van der Waals surface area contributed by atoms with E-state index in [0.717, 1.165) is 11.3 Å². The monoisotopic (exact) mass is 334 g/mol. The van der Waals surface area contributed by atoms with Crippen molar-refractivity contribution in [3.05, 3.63) is 35.9 Å². The Morgan fingerprint density at radius 2 is 2.38 bits per heavy atom. The zero-order valence-corrected chi connectivity index (χ0v) is 14.0. The van der Waals surface area contributed by atoms with Crippen LogP contribution in [0.1, 0.15) is 17.7 Å². The molecule has 0 spiro atoms. The van der Waals surface area contributed by atoms with Gasteiger partial charge in [-0.25, -0.2) is 4.39 Å². The lowest BCUT2D eigenvalue weighted by atomic mass is 10.1. The number of nitrogens with one attached hydrogen (secondary N) is 1. The largest absolute Gasteiger partial charge is 0.344 e. The third-order valence-corrected chi connectivity index (χ3v) is 4.43. The van der Waals surface area contributed by atoms with Gasteiger partial charge in [-0.15, -0.1) is 0 Å². The molecule has 0 saturated carbocycles. The number of aromatic amines is 1. The van der Waals surface area contributed by atoms with E-state index in [4.69, 9.17) is 0 Å². The van der Waals surface area contributed by atoms with Crippen molar-refractivity contribution in [2.45, 2.75) is 31.6 Å². The zero-order valence-electron chi connectivity index (χ0n) is 14.0. The molecule has 3 heterocycles. The lowest BCUT2D eigenvalue weighted by molar-refractivity contribution is -0.129. The number of likely N-dealkylation sites (tertiary alicyclic amines) is 1. The topological polar surface area (TPSA) is 70.1 Å². The second-order valence-electron chi connectivity index (χ2n) is 6.47. The quantitative estimate of drug-likeness (QED) is 0.847. The van der Waals surface area contributed by atoms with Gasteiger partial charge in [0.2, 0.25) is 5.91 Å². The second-order valence-corrected chi connectivity index (χ2v) is 6.47. The molecule has 7 nitrogen and oxygen atoms in total. The number of H-pyrrole nitrogens is 1. The number of halogens is 1. The van der Waals surface area contributed by atoms with Crippen LogP contribution in [0.5, 0.6) is 0 Å². The summed E-state index contributed by atoms with van der Waals surface area (Å²) in [5, 5.41) is 10.8. The summed E-state index contributed by atoms with van der Waals surface area (Å²) in [7, 11) is 3.64. The van der Waals surface area contributed by atoms with Crippen LogP contribution in [0, 0.1) is 0 Å². The molecule has 0 aliphatic carbocycles. The van der Waals surface area contributed by atoms with Crippen LogP contribution in [0.2, 0.25) is 0 Å². The predicted octanol–water partition coefficient (Wildman–Crippen LogP) is 0.757. The van der Waals surface area contributed by atoms with Crippen LogP contribution >= 0.6 is 0 Å². The lowest BCUT2D eigenvalue weighted by Crippen LogP contribution is -2.41. The number of aryl methyl sites for hydroxylation is 1. The molecule has 130 valence electrons. The van der Waals surface area contributed by atoms with Crippen molar-refractivity contribution < 1.29 is 9.18 Å². The Morgan fingerprint density at radius 1 is 1.54 bits per heavy atom. The molecule has 1 saturated heterocycles. The second kappa shape index (κ2) is 7.12. The molecule has 0 aromatic carbocycles. The number of aromatic nitrogens is 4. The van der Waals surface area contributed by atoms with E-state index < -0.39 is 6.17 Å². The Kier molecular flexibility index (Phi) is 4.94. The Bertz CT molecular complexity index is 670. The molecule has 8 heteroatoms. The first kappa shape index (κ1) is 16.6. The van der Waals surface area contributed by atoms with Gasteiger partial charge in [0.1, 0.15) is 6.17 Å². The van der Waals surface area contributed by atoms with E-state index in [9.17, 15) is 9.18 Å². The molecule has 0 bridgehead atoms. The van der Waals surface area contributed by atoms with Crippen LogP contribution in [0.3, 0.4) is 0 Å². The summed E-state index contributed by atoms with van der Waals surface area (Å²) in [6, 6.07) is 1.81. The van der Waals surface area contributed by atoms with Gasteiger partial charge in [0.25, 0.3) is 0 Å². The zero-order chi connectivity index (χ0) is 17.1. The Hall–Kier alpha value is -2.22. The summed E-state index contributed by atoms with van der Waals surface area (Å²) < 4.78 is 15.7. The third-order valence-electron chi connectivity index (χ3n) is 4.43. The molecular weight excluding hydrogens is 311 g/mol. The van der Waals surface area contributed by atoms with E-state index in [1.54, 1.807) is 35.1 Å². The molecule has 0 unspecified atom stereocenters. The van der Waals surface area contributed by atoms with E-state index >= 15 is 0 Å². The van der Waals surface area contributed by atoms with Crippen LogP contribution in [0.15, 0.2) is 24.7 Å². The van der Waals surface area contributed by atoms with Crippen molar-refractivity contribution in [1.29, 1.82) is 0 Å². The van der Waals surface area contributed by atoms with Gasteiger partial charge >= 0.3 is 0 Å². The maximum absolute atomic E-state index is 13.9. The van der Waals surface area contributed by atoms with Crippen LogP contribution in [0.4, 0.5) is 4.39 Å². The van der Waals surface area contributed by atoms with E-state index in [1.165, 1.54) is 0 Å². The molecular formula is C16H23FN6O. The Morgan fingerprint density at radius 3 is 3.04 bits per heavy atom. The van der Waals surface area contributed by atoms with Crippen molar-refractivity contribution in [1.82, 2.24) is 29.8 Å². The molecule has 0 radical (unpaired) electrons. The minimum absolute atomic E-state index is 0.00267. The average Bonchev–Trinajstić information content (AvgIpc) is 3.23. The highest BCUT2D eigenvalue weighted by Crippen LogP contribution is 2.23. The maximum Gasteiger partial charge on any atom is 0.228 e. The number of alkyl halides is 1. The highest BCUT2D eigenvalue weighted by atomic mass is 19.1. The predicted molar refractivity (Wildman–Crippen MR) is 86.8 cm³/mol. The fourth-order valence-corrected chi connectivity index (χ4v) is 3.19. The van der Waals surface area contributed by atoms with Crippen LogP contribution < -0.4 is 0 Å². The van der Waals surface area contributed by atoms with Crippen LogP contribution in [-0.2, 0) is 24.8 Å². The van der Waals surface area contributed by atoms with Gasteiger partial charge < -0.3 is 4.90 Å². The number of rotatable bonds is 6. The van der Waals surface area contributed by atoms with Gasteiger partial charge in [0, 0.05) is 63.4 Å². The fraction of sp³-hybridized carbons (Fsp3) is 0.562. The van der Waals surface area contributed by atoms with Gasteiger partial charge in [-0.05, 0) is 12.5 Å². The number of carbonyl (C=O) groups excluding carboxylic acids is 1. The third kappa shape index (κ3) is 4.00. The SMILES string of the molecule is CN(C[C@@H]1C[C@H](F)CN1Cc1cnn(C)c1)C(=O)Cc1ccn[nH]1. The van der Waals surface area contributed by atoms with Gasteiger partial charge in [0.05, 0.1) is 12.6 Å². The normalized spacial score (nSPS) is 21.3. The van der Waals surface area contributed by atoms with Crippen LogP contribution in [0.25, 0.3) is 0 Å². The van der Waals surface area contributed by atoms with Gasteiger partial charge in [0.15, 0.2) is 0 Å². The molecule has 1 fully saturated rings. The smallest absolute Gasteiger partial charge is 0.228 e. The summed E-state index contributed by atoms with van der Waals surface area (Å²) in [4.78, 5) is 16.1. The van der Waals surface area contributed by atoms with E-state index in [-0.39, 0.29) is 18.4 Å². The molecule has 2 aromatic rings. The minimum atomic E-state index is -0.845. The fourth-order valence-electron chi connectivity index (χ4n) is 3.19. The Labute approximate surface area is 140 Å². The number of hydrogen-bond acceptors (Lipinski definition) is 4. The summed E-state index contributed by atoms with van der Waals surface area (Å²) >= 11 is 0. The number of carbonyl (C=O) groups is 1. The number of hydrogen-bond donors (Lipinski definition) is 1. The molecule has 24 heavy (non-hydrogen) atoms. The van der Waals surface area contributed by atoms with Crippen molar-refractivity contribution in [3.63, 3.8) is 0 Å². The molecule has 1 amide bonds. The minimum Gasteiger partial charge on any atom is -0.344 e. The number of amides is 1. The van der Waals surface area contributed by atoms with E-state index in [1.807, 2.05) is 13.2 Å². The first-order valence-electron chi connectivity index (χ1n) is 8.09. The Balaban J connectivity index is 1.58. The summed E-state index contributed by atoms with van der Waals surface area (Å²) in [6.45, 7) is 1.58. The number of nitrogens with zero attached hydrogens (tertiary/aromatic N) is 5. The molecule has 3 rings (SSSR count). The van der Waals surface area contributed by atoms with Crippen LogP contribution in [-0.4, -0.2) is 68.0 Å². The standard InChI is InChI=1S/C16H23FN6O/c1-21(16(24)6-14-3-4-18-20-14)11-15-5-13(17)10-23(15)9-12-7-19-22(2)8-12/h3-4,7-8,13,15H,5-6,9-11H2,1-2H3,(H,18,20)/t13-,15-/m0/s1. The maximum atomic E-state index is 13.9. The van der Waals surface area contributed by atoms with Crippen molar-refractivity contribution >= 4 is 5.91 Å². The van der Waals surface area contributed by atoms with Gasteiger partial charge in [-0.3, -0.25) is 19.5 Å². The summed E-state index contributed by atoms with van der Waals surface area (Å²) in [6.07, 6.45) is 5.27. The molecule has 1 aliphatic heterocycles. The van der Waals surface area contributed by atoms with E-state index in [2.05, 4.69) is 20.2 Å². The molecule has 2 aromatic heterocycles. The first-order chi connectivity index (χ1) is 11.5. The summed E-state index contributed by atoms with van der Waals surface area (Å²) in [5.41, 5.74) is 1.84. The van der Waals surface area contributed by atoms with Crippen molar-refractivity contribution in [2.75, 3.05) is 20.1 Å². The highest BCUT2D eigenvalue weighted by Gasteiger charge is 2.33. The molecule has 1 aliphatic rings. The molecule has 2 atom stereocenters. The van der Waals surface area contributed by atoms with Crippen molar-refractivity contribution in [3.8, 4) is 0 Å². The van der Waals surface area contributed by atoms with Gasteiger partial charge in [-0.2, -0.15) is 10.2 Å². The number of likely N-dealkylation sites (N-methyl/N-ethyl adjacent to an activating group) is 1. The van der Waals surface area contributed by atoms with Gasteiger partial charge in [-0.1, -0.05) is 0 Å². The first-order valence-corrected chi connectivity index (χ1v) is 8.09. The van der Waals surface area contributed by atoms with Crippen molar-refractivity contribution in [2.24, 2.45) is 7.05 Å². The van der Waals surface area contributed by atoms with E-state index in [0.29, 0.717) is 26.1 Å².